The summed E-state index contributed by atoms with van der Waals surface area (Å²) in [5.74, 6) is -0.286. The summed E-state index contributed by atoms with van der Waals surface area (Å²) in [5, 5.41) is 8.21. The van der Waals surface area contributed by atoms with Gasteiger partial charge in [-0.05, 0) is 43.0 Å². The molecule has 24 heavy (non-hydrogen) atoms. The molecule has 0 bridgehead atoms. The molecule has 4 nitrogen and oxygen atoms in total. The van der Waals surface area contributed by atoms with Crippen LogP contribution in [0.5, 0.6) is 0 Å². The third-order valence-electron chi connectivity index (χ3n) is 3.35. The number of hydrogen-bond donors (Lipinski definition) is 1. The second-order valence-electron chi connectivity index (χ2n) is 5.45. The van der Waals surface area contributed by atoms with E-state index in [2.05, 4.69) is 27.4 Å². The van der Waals surface area contributed by atoms with E-state index in [-0.39, 0.29) is 5.82 Å². The molecule has 3 rings (SSSR count). The first kappa shape index (κ1) is 16.8. The molecule has 0 saturated carbocycles. The molecule has 1 N–H and O–H groups in total. The van der Waals surface area contributed by atoms with Crippen LogP contribution in [0.1, 0.15) is 5.56 Å². The predicted molar refractivity (Wildman–Crippen MR) is 98.5 cm³/mol. The molecule has 124 valence electrons. The van der Waals surface area contributed by atoms with Crippen molar-refractivity contribution in [3.8, 4) is 0 Å². The first-order valence-electron chi connectivity index (χ1n) is 7.43. The fraction of sp³-hybridized carbons (Fsp3) is 0.176. The average Bonchev–Trinajstić information content (AvgIpc) is 2.87. The zero-order chi connectivity index (χ0) is 16.9. The van der Waals surface area contributed by atoms with Crippen LogP contribution < -0.4 is 5.32 Å². The van der Waals surface area contributed by atoms with Crippen molar-refractivity contribution in [1.82, 2.24) is 14.7 Å². The maximum atomic E-state index is 13.2. The number of anilines is 2. The Kier molecular flexibility index (Phi) is 5.34. The molecule has 0 aliphatic heterocycles. The van der Waals surface area contributed by atoms with Crippen LogP contribution in [0.15, 0.2) is 54.6 Å². The summed E-state index contributed by atoms with van der Waals surface area (Å²) in [4.78, 5) is 2.14. The zero-order valence-electron chi connectivity index (χ0n) is 13.1. The Morgan fingerprint density at radius 3 is 2.75 bits per heavy atom. The molecule has 1 heterocycles. The van der Waals surface area contributed by atoms with Crippen LogP contribution in [0, 0.1) is 9.77 Å². The van der Waals surface area contributed by atoms with E-state index < -0.39 is 0 Å². The Morgan fingerprint density at radius 1 is 1.21 bits per heavy atom. The second-order valence-corrected chi connectivity index (χ2v) is 7.07. The highest BCUT2D eigenvalue weighted by molar-refractivity contribution is 7.73. The van der Waals surface area contributed by atoms with Crippen LogP contribution in [0.2, 0.25) is 0 Å². The van der Waals surface area contributed by atoms with E-state index in [1.807, 2.05) is 25.2 Å². The molecule has 1 aromatic heterocycles. The topological polar surface area (TPSA) is 33.1 Å². The molecule has 2 aromatic carbocycles. The summed E-state index contributed by atoms with van der Waals surface area (Å²) in [6.07, 6.45) is 0. The van der Waals surface area contributed by atoms with Crippen LogP contribution >= 0.6 is 23.6 Å². The van der Waals surface area contributed by atoms with Gasteiger partial charge in [0.25, 0.3) is 0 Å². The van der Waals surface area contributed by atoms with Crippen molar-refractivity contribution in [1.29, 1.82) is 0 Å². The lowest BCUT2D eigenvalue weighted by Gasteiger charge is -2.16. The summed E-state index contributed by atoms with van der Waals surface area (Å²) in [5.41, 5.74) is 1.89. The van der Waals surface area contributed by atoms with Gasteiger partial charge in [-0.25, -0.2) is 9.07 Å². The summed E-state index contributed by atoms with van der Waals surface area (Å²) in [7, 11) is 2.02. The summed E-state index contributed by atoms with van der Waals surface area (Å²) < 4.78 is 15.7. The summed E-state index contributed by atoms with van der Waals surface area (Å²) in [6, 6.07) is 16.5. The van der Waals surface area contributed by atoms with E-state index in [0.717, 1.165) is 6.54 Å². The van der Waals surface area contributed by atoms with Crippen LogP contribution in [0.25, 0.3) is 0 Å². The molecular formula is C17H17FN4S2. The molecular weight excluding hydrogens is 343 g/mol. The van der Waals surface area contributed by atoms with Gasteiger partial charge in [0.15, 0.2) is 3.95 Å². The van der Waals surface area contributed by atoms with Crippen molar-refractivity contribution in [3.63, 3.8) is 0 Å². The smallest absolute Gasteiger partial charge is 0.209 e. The first-order valence-corrected chi connectivity index (χ1v) is 8.65. The molecule has 0 aliphatic carbocycles. The van der Waals surface area contributed by atoms with Crippen molar-refractivity contribution in [2.45, 2.75) is 13.2 Å². The Bertz CT molecular complexity index is 860. The van der Waals surface area contributed by atoms with E-state index >= 15 is 0 Å². The van der Waals surface area contributed by atoms with E-state index in [1.54, 1.807) is 16.8 Å². The van der Waals surface area contributed by atoms with Gasteiger partial charge in [0.2, 0.25) is 5.13 Å². The number of nitrogens with one attached hydrogen (secondary N) is 1. The molecule has 7 heteroatoms. The van der Waals surface area contributed by atoms with Crippen LogP contribution in [-0.2, 0) is 13.2 Å². The minimum Gasteiger partial charge on any atom is -0.330 e. The Morgan fingerprint density at radius 2 is 2.00 bits per heavy atom. The Labute approximate surface area is 149 Å². The zero-order valence-corrected chi connectivity index (χ0v) is 14.8. The van der Waals surface area contributed by atoms with Gasteiger partial charge in [0.05, 0.1) is 6.67 Å². The number of benzene rings is 2. The van der Waals surface area contributed by atoms with Gasteiger partial charge >= 0.3 is 0 Å². The normalized spacial score (nSPS) is 11.0. The van der Waals surface area contributed by atoms with Gasteiger partial charge in [-0.3, -0.25) is 4.90 Å². The molecule has 0 unspecified atom stereocenters. The van der Waals surface area contributed by atoms with Gasteiger partial charge in [0.1, 0.15) is 5.82 Å². The molecule has 0 saturated heterocycles. The van der Waals surface area contributed by atoms with Gasteiger partial charge in [-0.15, -0.1) is 5.10 Å². The van der Waals surface area contributed by atoms with Crippen LogP contribution in [-0.4, -0.2) is 21.7 Å². The van der Waals surface area contributed by atoms with Crippen molar-refractivity contribution in [3.05, 3.63) is 69.9 Å². The molecule has 0 radical (unpaired) electrons. The first-order chi connectivity index (χ1) is 11.6. The molecule has 0 amide bonds. The average molecular weight is 360 g/mol. The maximum Gasteiger partial charge on any atom is 0.209 e. The lowest BCUT2D eigenvalue weighted by atomic mass is 10.2. The largest absolute Gasteiger partial charge is 0.330 e. The third-order valence-corrected chi connectivity index (χ3v) is 4.58. The lowest BCUT2D eigenvalue weighted by molar-refractivity contribution is 0.245. The third kappa shape index (κ3) is 4.47. The number of aromatic nitrogens is 2. The van der Waals surface area contributed by atoms with Gasteiger partial charge in [0, 0.05) is 12.2 Å². The van der Waals surface area contributed by atoms with Crippen LogP contribution in [0.3, 0.4) is 0 Å². The Balaban J connectivity index is 1.66. The van der Waals surface area contributed by atoms with E-state index in [9.17, 15) is 4.39 Å². The maximum absolute atomic E-state index is 13.2. The lowest BCUT2D eigenvalue weighted by Crippen LogP contribution is -2.22. The summed E-state index contributed by atoms with van der Waals surface area (Å²) in [6.45, 7) is 1.40. The van der Waals surface area contributed by atoms with E-state index in [1.165, 1.54) is 29.0 Å². The number of nitrogens with zero attached hydrogens (tertiary/aromatic N) is 3. The minimum atomic E-state index is -0.286. The van der Waals surface area contributed by atoms with E-state index in [4.69, 9.17) is 12.2 Å². The highest BCUT2D eigenvalue weighted by atomic mass is 32.1. The minimum absolute atomic E-state index is 0.286. The molecule has 0 spiro atoms. The molecule has 3 aromatic rings. The van der Waals surface area contributed by atoms with Gasteiger partial charge < -0.3 is 5.32 Å². The van der Waals surface area contributed by atoms with Crippen molar-refractivity contribution in [2.75, 3.05) is 12.4 Å². The number of rotatable bonds is 6. The van der Waals surface area contributed by atoms with Gasteiger partial charge in [-0.1, -0.05) is 47.7 Å². The standard InChI is InChI=1S/C17H17FN4S2/c1-21(11-13-6-3-2-4-7-13)12-22-17(23)24-16(20-22)19-15-9-5-8-14(18)10-15/h2-10H,11-12H2,1H3,(H,19,20). The molecule has 0 aliphatic rings. The summed E-state index contributed by atoms with van der Waals surface area (Å²) >= 11 is 6.75. The predicted octanol–water partition coefficient (Wildman–Crippen LogP) is 4.65. The van der Waals surface area contributed by atoms with Crippen molar-refractivity contribution < 1.29 is 4.39 Å². The van der Waals surface area contributed by atoms with Crippen molar-refractivity contribution in [2.24, 2.45) is 0 Å². The molecule has 0 fully saturated rings. The van der Waals surface area contributed by atoms with E-state index in [0.29, 0.717) is 21.4 Å². The highest BCUT2D eigenvalue weighted by Gasteiger charge is 2.07. The number of hydrogen-bond acceptors (Lipinski definition) is 5. The Hall–Kier alpha value is -2.09. The monoisotopic (exact) mass is 360 g/mol. The van der Waals surface area contributed by atoms with Gasteiger partial charge in [-0.2, -0.15) is 0 Å². The molecule has 0 atom stereocenters. The highest BCUT2D eigenvalue weighted by Crippen LogP contribution is 2.21. The quantitative estimate of drug-likeness (QED) is 0.649. The number of halogens is 1. The van der Waals surface area contributed by atoms with Crippen molar-refractivity contribution >= 4 is 34.4 Å². The fourth-order valence-corrected chi connectivity index (χ4v) is 3.32. The fourth-order valence-electron chi connectivity index (χ4n) is 2.31. The SMILES string of the molecule is CN(Cc1ccccc1)Cn1nc(Nc2cccc(F)c2)sc1=S. The second kappa shape index (κ2) is 7.65. The van der Waals surface area contributed by atoms with Crippen LogP contribution in [0.4, 0.5) is 15.2 Å².